The molecule has 0 aliphatic rings. The monoisotopic (exact) mass is 356 g/mol. The minimum atomic E-state index is 0.654. The van der Waals surface area contributed by atoms with Gasteiger partial charge in [-0.3, -0.25) is 10.1 Å². The lowest BCUT2D eigenvalue weighted by atomic mass is 10.2. The standard InChI is InChI=1S/C20H16N6O/c1-2-6-16-14(4-1)12-17(27-16)20-22-9-11-26(20)10-7-18-23-19(25-24-18)15-5-3-8-21-13-15/h1-6,8-9,11-13H,7,10H2,(H,23,24,25). The maximum atomic E-state index is 5.94. The maximum Gasteiger partial charge on any atom is 0.182 e. The minimum Gasteiger partial charge on any atom is -0.453 e. The Morgan fingerprint density at radius 2 is 2.04 bits per heavy atom. The van der Waals surface area contributed by atoms with Crippen molar-refractivity contribution in [2.45, 2.75) is 13.0 Å². The van der Waals surface area contributed by atoms with Crippen LogP contribution in [0.15, 0.2) is 71.7 Å². The van der Waals surface area contributed by atoms with E-state index < -0.39 is 0 Å². The molecule has 0 fully saturated rings. The summed E-state index contributed by atoms with van der Waals surface area (Å²) in [5, 5.41) is 8.35. The van der Waals surface area contributed by atoms with Gasteiger partial charge in [-0.05, 0) is 24.3 Å². The van der Waals surface area contributed by atoms with Crippen LogP contribution in [0.4, 0.5) is 0 Å². The summed E-state index contributed by atoms with van der Waals surface area (Å²) in [6.45, 7) is 0.716. The van der Waals surface area contributed by atoms with Crippen molar-refractivity contribution in [2.24, 2.45) is 0 Å². The Labute approximate surface area is 154 Å². The number of hydrogen-bond donors (Lipinski definition) is 1. The van der Waals surface area contributed by atoms with Crippen molar-refractivity contribution in [3.8, 4) is 23.0 Å². The first-order valence-electron chi connectivity index (χ1n) is 8.68. The Balaban J connectivity index is 1.35. The first-order chi connectivity index (χ1) is 13.4. The van der Waals surface area contributed by atoms with Gasteiger partial charge in [-0.2, -0.15) is 5.10 Å². The summed E-state index contributed by atoms with van der Waals surface area (Å²) in [5.74, 6) is 3.03. The largest absolute Gasteiger partial charge is 0.453 e. The molecule has 5 rings (SSSR count). The first kappa shape index (κ1) is 15.5. The lowest BCUT2D eigenvalue weighted by Gasteiger charge is -2.04. The summed E-state index contributed by atoms with van der Waals surface area (Å²) in [4.78, 5) is 13.1. The van der Waals surface area contributed by atoms with E-state index in [1.807, 2.05) is 48.7 Å². The van der Waals surface area contributed by atoms with Crippen molar-refractivity contribution in [3.63, 3.8) is 0 Å². The minimum absolute atomic E-state index is 0.654. The van der Waals surface area contributed by atoms with Crippen LogP contribution in [0.1, 0.15) is 5.82 Å². The number of hydrogen-bond acceptors (Lipinski definition) is 5. The number of nitrogens with zero attached hydrogens (tertiary/aromatic N) is 5. The molecule has 5 aromatic rings. The number of rotatable bonds is 5. The van der Waals surface area contributed by atoms with Gasteiger partial charge in [-0.1, -0.05) is 18.2 Å². The number of H-pyrrole nitrogens is 1. The number of fused-ring (bicyclic) bond motifs is 1. The second-order valence-corrected chi connectivity index (χ2v) is 6.19. The Hall–Kier alpha value is -3.74. The molecule has 0 spiro atoms. The molecule has 7 nitrogen and oxygen atoms in total. The highest BCUT2D eigenvalue weighted by atomic mass is 16.3. The lowest BCUT2D eigenvalue weighted by Crippen LogP contribution is -2.03. The number of nitrogens with one attached hydrogen (secondary N) is 1. The fraction of sp³-hybridized carbons (Fsp3) is 0.100. The number of para-hydroxylation sites is 1. The molecule has 27 heavy (non-hydrogen) atoms. The van der Waals surface area contributed by atoms with Crippen LogP contribution >= 0.6 is 0 Å². The summed E-state index contributed by atoms with van der Waals surface area (Å²) in [5.41, 5.74) is 1.75. The SMILES string of the molecule is c1cncc(-c2n[nH]c(CCn3ccnc3-c3cc4ccccc4o3)n2)c1. The molecule has 0 atom stereocenters. The molecule has 0 saturated heterocycles. The van der Waals surface area contributed by atoms with Gasteiger partial charge in [0.1, 0.15) is 11.4 Å². The highest BCUT2D eigenvalue weighted by Gasteiger charge is 2.12. The molecular formula is C20H16N6O. The van der Waals surface area contributed by atoms with Crippen molar-refractivity contribution in [2.75, 3.05) is 0 Å². The van der Waals surface area contributed by atoms with Gasteiger partial charge in [-0.15, -0.1) is 0 Å². The van der Waals surface area contributed by atoms with Gasteiger partial charge >= 0.3 is 0 Å². The third-order valence-corrected chi connectivity index (χ3v) is 4.40. The summed E-state index contributed by atoms with van der Waals surface area (Å²) in [7, 11) is 0. The van der Waals surface area contributed by atoms with Crippen LogP contribution in [0.25, 0.3) is 33.9 Å². The van der Waals surface area contributed by atoms with Crippen LogP contribution in [0.3, 0.4) is 0 Å². The molecule has 132 valence electrons. The molecule has 4 aromatic heterocycles. The molecule has 0 unspecified atom stereocenters. The number of aromatic amines is 1. The predicted molar refractivity (Wildman–Crippen MR) is 101 cm³/mol. The third-order valence-electron chi connectivity index (χ3n) is 4.40. The number of pyridine rings is 1. The lowest BCUT2D eigenvalue weighted by molar-refractivity contribution is 0.606. The Morgan fingerprint density at radius 1 is 1.07 bits per heavy atom. The number of benzene rings is 1. The maximum absolute atomic E-state index is 5.94. The summed E-state index contributed by atoms with van der Waals surface area (Å²) < 4.78 is 8.00. The normalized spacial score (nSPS) is 11.3. The number of aromatic nitrogens is 6. The topological polar surface area (TPSA) is 85.4 Å². The fourth-order valence-corrected chi connectivity index (χ4v) is 3.06. The zero-order valence-corrected chi connectivity index (χ0v) is 14.4. The summed E-state index contributed by atoms with van der Waals surface area (Å²) in [6.07, 6.45) is 7.92. The molecule has 7 heteroatoms. The molecule has 0 aliphatic carbocycles. The van der Waals surface area contributed by atoms with Gasteiger partial charge in [0.25, 0.3) is 0 Å². The molecule has 0 radical (unpaired) electrons. The summed E-state index contributed by atoms with van der Waals surface area (Å²) in [6, 6.07) is 13.8. The fourth-order valence-electron chi connectivity index (χ4n) is 3.06. The van der Waals surface area contributed by atoms with E-state index in [0.717, 1.165) is 33.9 Å². The Morgan fingerprint density at radius 3 is 2.93 bits per heavy atom. The molecule has 0 amide bonds. The zero-order chi connectivity index (χ0) is 18.1. The Bertz CT molecular complexity index is 1150. The van der Waals surface area contributed by atoms with Crippen molar-refractivity contribution in [3.05, 3.63) is 73.1 Å². The average molecular weight is 356 g/mol. The highest BCUT2D eigenvalue weighted by molar-refractivity contribution is 5.81. The predicted octanol–water partition coefficient (Wildman–Crippen LogP) is 3.72. The van der Waals surface area contributed by atoms with Gasteiger partial charge in [0, 0.05) is 48.7 Å². The van der Waals surface area contributed by atoms with Crippen molar-refractivity contribution < 1.29 is 4.42 Å². The second-order valence-electron chi connectivity index (χ2n) is 6.19. The molecule has 0 aliphatic heterocycles. The van der Waals surface area contributed by atoms with E-state index in [2.05, 4.69) is 29.7 Å². The van der Waals surface area contributed by atoms with Crippen LogP contribution < -0.4 is 0 Å². The van der Waals surface area contributed by atoms with E-state index in [1.54, 1.807) is 18.6 Å². The first-order valence-corrected chi connectivity index (χ1v) is 8.68. The second kappa shape index (κ2) is 6.53. The van der Waals surface area contributed by atoms with Crippen LogP contribution in [0.2, 0.25) is 0 Å². The van der Waals surface area contributed by atoms with Crippen molar-refractivity contribution in [1.82, 2.24) is 29.7 Å². The van der Waals surface area contributed by atoms with Gasteiger partial charge in [0.05, 0.1) is 0 Å². The smallest absolute Gasteiger partial charge is 0.182 e. The van der Waals surface area contributed by atoms with Gasteiger partial charge < -0.3 is 8.98 Å². The number of furan rings is 1. The number of imidazole rings is 1. The third kappa shape index (κ3) is 2.99. The van der Waals surface area contributed by atoms with Gasteiger partial charge in [0.15, 0.2) is 17.4 Å². The molecule has 1 N–H and O–H groups in total. The Kier molecular flexibility index (Phi) is 3.75. The molecular weight excluding hydrogens is 340 g/mol. The van der Waals surface area contributed by atoms with E-state index in [0.29, 0.717) is 18.8 Å². The molecule has 4 heterocycles. The summed E-state index contributed by atoms with van der Waals surface area (Å²) >= 11 is 0. The molecule has 0 bridgehead atoms. The average Bonchev–Trinajstić information content (AvgIpc) is 3.45. The molecule has 1 aromatic carbocycles. The zero-order valence-electron chi connectivity index (χ0n) is 14.4. The van der Waals surface area contributed by atoms with E-state index >= 15 is 0 Å². The van der Waals surface area contributed by atoms with Crippen LogP contribution in [-0.4, -0.2) is 29.7 Å². The van der Waals surface area contributed by atoms with Gasteiger partial charge in [0.2, 0.25) is 0 Å². The van der Waals surface area contributed by atoms with E-state index in [1.165, 1.54) is 0 Å². The van der Waals surface area contributed by atoms with E-state index in [9.17, 15) is 0 Å². The quantitative estimate of drug-likeness (QED) is 0.519. The van der Waals surface area contributed by atoms with Gasteiger partial charge in [-0.25, -0.2) is 9.97 Å². The highest BCUT2D eigenvalue weighted by Crippen LogP contribution is 2.26. The van der Waals surface area contributed by atoms with Crippen molar-refractivity contribution in [1.29, 1.82) is 0 Å². The van der Waals surface area contributed by atoms with E-state index in [4.69, 9.17) is 4.42 Å². The molecule has 0 saturated carbocycles. The van der Waals surface area contributed by atoms with Crippen LogP contribution in [0, 0.1) is 0 Å². The number of aryl methyl sites for hydroxylation is 2. The van der Waals surface area contributed by atoms with Crippen LogP contribution in [-0.2, 0) is 13.0 Å². The van der Waals surface area contributed by atoms with E-state index in [-0.39, 0.29) is 0 Å². The van der Waals surface area contributed by atoms with Crippen LogP contribution in [0.5, 0.6) is 0 Å². The van der Waals surface area contributed by atoms with Crippen molar-refractivity contribution >= 4 is 11.0 Å².